The second-order valence-electron chi connectivity index (χ2n) is 5.59. The van der Waals surface area contributed by atoms with E-state index in [1.54, 1.807) is 11.8 Å². The average molecular weight is 342 g/mol. The van der Waals surface area contributed by atoms with Crippen LogP contribution in [0.2, 0.25) is 5.02 Å². The molecule has 0 bridgehead atoms. The van der Waals surface area contributed by atoms with Crippen LogP contribution >= 0.6 is 11.6 Å². The Kier molecular flexibility index (Phi) is 6.39. The molecule has 126 valence electrons. The molecule has 4 nitrogen and oxygen atoms in total. The summed E-state index contributed by atoms with van der Waals surface area (Å²) >= 11 is 6.01. The van der Waals surface area contributed by atoms with Gasteiger partial charge in [-0.25, -0.2) is 4.39 Å². The molecule has 0 N–H and O–H groups in total. The molecular weight excluding hydrogens is 321 g/mol. The van der Waals surface area contributed by atoms with E-state index in [-0.39, 0.29) is 35.6 Å². The highest BCUT2D eigenvalue weighted by molar-refractivity contribution is 6.33. The van der Waals surface area contributed by atoms with Gasteiger partial charge in [-0.1, -0.05) is 30.5 Å². The Bertz CT molecular complexity index is 553. The fraction of sp³-hybridized carbons (Fsp3) is 0.529. The second kappa shape index (κ2) is 8.29. The van der Waals surface area contributed by atoms with Gasteiger partial charge in [0.25, 0.3) is 5.91 Å². The summed E-state index contributed by atoms with van der Waals surface area (Å²) < 4.78 is 19.0. The van der Waals surface area contributed by atoms with Gasteiger partial charge in [-0.3, -0.25) is 9.59 Å². The molecule has 6 heteroatoms. The number of amides is 1. The van der Waals surface area contributed by atoms with Gasteiger partial charge in [-0.2, -0.15) is 0 Å². The molecule has 0 atom stereocenters. The fourth-order valence-electron chi connectivity index (χ4n) is 2.96. The summed E-state index contributed by atoms with van der Waals surface area (Å²) in [6.07, 6.45) is 3.88. The van der Waals surface area contributed by atoms with Crippen molar-refractivity contribution in [3.05, 3.63) is 34.6 Å². The zero-order valence-corrected chi connectivity index (χ0v) is 13.9. The predicted octanol–water partition coefficient (Wildman–Crippen LogP) is 3.82. The van der Waals surface area contributed by atoms with E-state index in [4.69, 9.17) is 16.3 Å². The van der Waals surface area contributed by atoms with E-state index in [9.17, 15) is 14.0 Å². The van der Waals surface area contributed by atoms with Crippen LogP contribution in [0.3, 0.4) is 0 Å². The first kappa shape index (κ1) is 17.7. The number of hydrogen-bond acceptors (Lipinski definition) is 3. The Balaban J connectivity index is 2.19. The van der Waals surface area contributed by atoms with E-state index in [1.165, 1.54) is 18.2 Å². The maximum atomic E-state index is 14.0. The van der Waals surface area contributed by atoms with Crippen LogP contribution in [-0.4, -0.2) is 36.0 Å². The number of ether oxygens (including phenoxy) is 1. The highest BCUT2D eigenvalue weighted by Crippen LogP contribution is 2.28. The lowest BCUT2D eigenvalue weighted by Crippen LogP contribution is -2.41. The second-order valence-corrected chi connectivity index (χ2v) is 6.00. The molecule has 1 fully saturated rings. The van der Waals surface area contributed by atoms with Gasteiger partial charge in [0.15, 0.2) is 0 Å². The quantitative estimate of drug-likeness (QED) is 0.739. The van der Waals surface area contributed by atoms with Gasteiger partial charge >= 0.3 is 5.97 Å². The van der Waals surface area contributed by atoms with Gasteiger partial charge < -0.3 is 9.64 Å². The molecule has 1 aromatic carbocycles. The molecule has 0 aliphatic heterocycles. The molecule has 2 rings (SSSR count). The summed E-state index contributed by atoms with van der Waals surface area (Å²) in [5.41, 5.74) is -0.120. The number of esters is 1. The standard InChI is InChI=1S/C17H21ClFNO3/c1-2-23-15(21)10-11-20(12-6-3-4-7-12)17(22)16-13(18)8-5-9-14(16)19/h5,8-9,12H,2-4,6-7,10-11H2,1H3. The molecule has 0 aromatic heterocycles. The summed E-state index contributed by atoms with van der Waals surface area (Å²) in [4.78, 5) is 26.0. The number of carbonyl (C=O) groups is 2. The monoisotopic (exact) mass is 341 g/mol. The van der Waals surface area contributed by atoms with Crippen LogP contribution in [0.15, 0.2) is 18.2 Å². The molecule has 0 radical (unpaired) electrons. The van der Waals surface area contributed by atoms with Crippen molar-refractivity contribution in [2.24, 2.45) is 0 Å². The minimum absolute atomic E-state index is 0.0209. The highest BCUT2D eigenvalue weighted by Gasteiger charge is 2.30. The minimum Gasteiger partial charge on any atom is -0.466 e. The summed E-state index contributed by atoms with van der Waals surface area (Å²) in [5.74, 6) is -1.45. The van der Waals surface area contributed by atoms with E-state index in [0.717, 1.165) is 25.7 Å². The lowest BCUT2D eigenvalue weighted by Gasteiger charge is -2.29. The van der Waals surface area contributed by atoms with E-state index in [2.05, 4.69) is 0 Å². The topological polar surface area (TPSA) is 46.6 Å². The van der Waals surface area contributed by atoms with Gasteiger partial charge in [0.1, 0.15) is 5.82 Å². The smallest absolute Gasteiger partial charge is 0.307 e. The highest BCUT2D eigenvalue weighted by atomic mass is 35.5. The zero-order chi connectivity index (χ0) is 16.8. The maximum absolute atomic E-state index is 14.0. The molecule has 0 spiro atoms. The summed E-state index contributed by atoms with van der Waals surface area (Å²) in [7, 11) is 0. The Morgan fingerprint density at radius 1 is 1.35 bits per heavy atom. The van der Waals surface area contributed by atoms with Crippen LogP contribution in [0, 0.1) is 5.82 Å². The fourth-order valence-corrected chi connectivity index (χ4v) is 3.20. The predicted molar refractivity (Wildman–Crippen MR) is 86.0 cm³/mol. The van der Waals surface area contributed by atoms with Crippen molar-refractivity contribution in [2.75, 3.05) is 13.2 Å². The van der Waals surface area contributed by atoms with Crippen molar-refractivity contribution in [2.45, 2.75) is 45.1 Å². The normalized spacial score (nSPS) is 14.7. The van der Waals surface area contributed by atoms with Gasteiger partial charge in [-0.05, 0) is 31.9 Å². The van der Waals surface area contributed by atoms with Crippen molar-refractivity contribution in [1.29, 1.82) is 0 Å². The Hall–Kier alpha value is -1.62. The number of hydrogen-bond donors (Lipinski definition) is 0. The Morgan fingerprint density at radius 3 is 2.65 bits per heavy atom. The molecule has 1 aliphatic carbocycles. The van der Waals surface area contributed by atoms with E-state index < -0.39 is 11.7 Å². The SMILES string of the molecule is CCOC(=O)CCN(C(=O)c1c(F)cccc1Cl)C1CCCC1. The first-order valence-electron chi connectivity index (χ1n) is 7.95. The van der Waals surface area contributed by atoms with Gasteiger partial charge in [0, 0.05) is 12.6 Å². The molecule has 23 heavy (non-hydrogen) atoms. The third kappa shape index (κ3) is 4.44. The molecule has 1 saturated carbocycles. The van der Waals surface area contributed by atoms with Crippen LogP contribution in [-0.2, 0) is 9.53 Å². The molecule has 1 amide bonds. The average Bonchev–Trinajstić information content (AvgIpc) is 3.01. The van der Waals surface area contributed by atoms with Crippen LogP contribution < -0.4 is 0 Å². The first-order valence-corrected chi connectivity index (χ1v) is 8.33. The first-order chi connectivity index (χ1) is 11.0. The van der Waals surface area contributed by atoms with Crippen LogP contribution in [0.5, 0.6) is 0 Å². The largest absolute Gasteiger partial charge is 0.466 e. The summed E-state index contributed by atoms with van der Waals surface area (Å²) in [6.45, 7) is 2.25. The number of rotatable bonds is 6. The third-order valence-corrected chi connectivity index (χ3v) is 4.38. The van der Waals surface area contributed by atoms with E-state index >= 15 is 0 Å². The third-order valence-electron chi connectivity index (χ3n) is 4.07. The van der Waals surface area contributed by atoms with Gasteiger partial charge in [-0.15, -0.1) is 0 Å². The minimum atomic E-state index is -0.637. The Morgan fingerprint density at radius 2 is 2.04 bits per heavy atom. The molecule has 0 unspecified atom stereocenters. The number of nitrogens with zero attached hydrogens (tertiary/aromatic N) is 1. The molecule has 1 aliphatic rings. The van der Waals surface area contributed by atoms with Crippen molar-refractivity contribution in [3.8, 4) is 0 Å². The number of benzene rings is 1. The van der Waals surface area contributed by atoms with E-state index in [1.807, 2.05) is 0 Å². The van der Waals surface area contributed by atoms with Crippen molar-refractivity contribution < 1.29 is 18.7 Å². The number of carbonyl (C=O) groups excluding carboxylic acids is 2. The van der Waals surface area contributed by atoms with Crippen molar-refractivity contribution in [3.63, 3.8) is 0 Å². The lowest BCUT2D eigenvalue weighted by atomic mass is 10.1. The van der Waals surface area contributed by atoms with Crippen LogP contribution in [0.4, 0.5) is 4.39 Å². The van der Waals surface area contributed by atoms with E-state index in [0.29, 0.717) is 6.61 Å². The van der Waals surface area contributed by atoms with Crippen LogP contribution in [0.25, 0.3) is 0 Å². The zero-order valence-electron chi connectivity index (χ0n) is 13.2. The molecule has 0 saturated heterocycles. The number of halogens is 2. The van der Waals surface area contributed by atoms with Crippen LogP contribution in [0.1, 0.15) is 49.4 Å². The summed E-state index contributed by atoms with van der Waals surface area (Å²) in [5, 5.41) is 0.0918. The molecule has 1 aromatic rings. The van der Waals surface area contributed by atoms with Gasteiger partial charge in [0.2, 0.25) is 0 Å². The molecular formula is C17H21ClFNO3. The van der Waals surface area contributed by atoms with Gasteiger partial charge in [0.05, 0.1) is 23.6 Å². The molecule has 0 heterocycles. The summed E-state index contributed by atoms with van der Waals surface area (Å²) in [6, 6.07) is 4.20. The van der Waals surface area contributed by atoms with Crippen molar-refractivity contribution in [1.82, 2.24) is 4.90 Å². The lowest BCUT2D eigenvalue weighted by molar-refractivity contribution is -0.143. The Labute approximate surface area is 140 Å². The maximum Gasteiger partial charge on any atom is 0.307 e. The van der Waals surface area contributed by atoms with Crippen molar-refractivity contribution >= 4 is 23.5 Å².